The summed E-state index contributed by atoms with van der Waals surface area (Å²) in [5, 5.41) is 3.96. The summed E-state index contributed by atoms with van der Waals surface area (Å²) in [4.78, 5) is 29.0. The van der Waals surface area contributed by atoms with Crippen LogP contribution in [0.5, 0.6) is 0 Å². The third-order valence-electron chi connectivity index (χ3n) is 4.47. The summed E-state index contributed by atoms with van der Waals surface area (Å²) in [5.74, 6) is -0.720. The van der Waals surface area contributed by atoms with E-state index in [0.717, 1.165) is 34.2 Å². The summed E-state index contributed by atoms with van der Waals surface area (Å²) >= 11 is 1.42. The number of thiophene rings is 1. The van der Waals surface area contributed by atoms with Crippen molar-refractivity contribution >= 4 is 34.1 Å². The summed E-state index contributed by atoms with van der Waals surface area (Å²) in [6.07, 6.45) is 4.66. The normalized spacial score (nSPS) is 10.9. The molecule has 142 valence electrons. The molecule has 1 aromatic carbocycles. The lowest BCUT2D eigenvalue weighted by Gasteiger charge is -2.05. The summed E-state index contributed by atoms with van der Waals surface area (Å²) < 4.78 is 5.15. The van der Waals surface area contributed by atoms with Gasteiger partial charge in [0, 0.05) is 28.5 Å². The fourth-order valence-electron chi connectivity index (χ4n) is 3.07. The first-order valence-corrected chi connectivity index (χ1v) is 9.98. The van der Waals surface area contributed by atoms with Crippen molar-refractivity contribution in [1.82, 2.24) is 10.3 Å². The first kappa shape index (κ1) is 19.2. The molecule has 0 aliphatic rings. The minimum Gasteiger partial charge on any atom is -0.451 e. The van der Waals surface area contributed by atoms with Gasteiger partial charge in [0.15, 0.2) is 6.61 Å². The van der Waals surface area contributed by atoms with Gasteiger partial charge in [-0.3, -0.25) is 4.79 Å². The molecule has 27 heavy (non-hydrogen) atoms. The summed E-state index contributed by atoms with van der Waals surface area (Å²) in [7, 11) is 0. The number of aromatic amines is 1. The number of amides is 1. The van der Waals surface area contributed by atoms with Crippen molar-refractivity contribution in [3.05, 3.63) is 57.4 Å². The van der Waals surface area contributed by atoms with Crippen molar-refractivity contribution in [3.8, 4) is 0 Å². The Bertz CT molecular complexity index is 942. The van der Waals surface area contributed by atoms with Gasteiger partial charge in [-0.1, -0.05) is 31.5 Å². The minimum atomic E-state index is -0.433. The quantitative estimate of drug-likeness (QED) is 0.577. The predicted molar refractivity (Wildman–Crippen MR) is 108 cm³/mol. The van der Waals surface area contributed by atoms with Gasteiger partial charge in [-0.15, -0.1) is 11.3 Å². The van der Waals surface area contributed by atoms with Crippen LogP contribution in [0.1, 0.15) is 39.0 Å². The number of ether oxygens (including phenoxy) is 1. The molecule has 0 bridgehead atoms. The Hall–Kier alpha value is -2.60. The smallest absolute Gasteiger partial charge is 0.348 e. The van der Waals surface area contributed by atoms with E-state index < -0.39 is 5.97 Å². The molecular formula is C21H24N2O3S. The molecule has 1 amide bonds. The van der Waals surface area contributed by atoms with E-state index in [9.17, 15) is 9.59 Å². The number of aromatic nitrogens is 1. The number of hydrogen-bond acceptors (Lipinski definition) is 4. The van der Waals surface area contributed by atoms with Crippen LogP contribution in [0.4, 0.5) is 0 Å². The molecule has 0 unspecified atom stereocenters. The largest absolute Gasteiger partial charge is 0.451 e. The van der Waals surface area contributed by atoms with Gasteiger partial charge in [0.2, 0.25) is 0 Å². The van der Waals surface area contributed by atoms with Crippen LogP contribution in [0.25, 0.3) is 10.9 Å². The van der Waals surface area contributed by atoms with Crippen molar-refractivity contribution < 1.29 is 14.3 Å². The molecule has 0 atom stereocenters. The number of esters is 1. The van der Waals surface area contributed by atoms with Crippen LogP contribution in [0.3, 0.4) is 0 Å². The van der Waals surface area contributed by atoms with Crippen LogP contribution in [0.15, 0.2) is 36.5 Å². The molecule has 0 aliphatic heterocycles. The first-order valence-electron chi connectivity index (χ1n) is 9.16. The van der Waals surface area contributed by atoms with Crippen molar-refractivity contribution in [3.63, 3.8) is 0 Å². The van der Waals surface area contributed by atoms with Gasteiger partial charge in [-0.2, -0.15) is 0 Å². The zero-order valence-electron chi connectivity index (χ0n) is 15.6. The molecule has 3 aromatic rings. The molecule has 0 spiro atoms. The first-order chi connectivity index (χ1) is 13.1. The van der Waals surface area contributed by atoms with Gasteiger partial charge in [-0.25, -0.2) is 4.79 Å². The summed E-state index contributed by atoms with van der Waals surface area (Å²) in [6, 6.07) is 9.94. The number of para-hydroxylation sites is 1. The maximum absolute atomic E-state index is 12.1. The SMILES string of the molecule is CCCc1cc(C(=O)OCC(=O)NCCc2c[nH]c3ccccc23)sc1C. The van der Waals surface area contributed by atoms with Crippen molar-refractivity contribution in [2.24, 2.45) is 0 Å². The van der Waals surface area contributed by atoms with Gasteiger partial charge in [0.25, 0.3) is 5.91 Å². The van der Waals surface area contributed by atoms with E-state index in [2.05, 4.69) is 23.3 Å². The van der Waals surface area contributed by atoms with Gasteiger partial charge >= 0.3 is 5.97 Å². The molecule has 0 radical (unpaired) electrons. The third kappa shape index (κ3) is 4.77. The van der Waals surface area contributed by atoms with Crippen LogP contribution in [-0.2, 0) is 22.4 Å². The standard InChI is InChI=1S/C21H24N2O3S/c1-3-6-15-11-19(27-14(15)2)21(25)26-13-20(24)22-10-9-16-12-23-18-8-5-4-7-17(16)18/h4-5,7-8,11-12,23H,3,6,9-10,13H2,1-2H3,(H,22,24). The second-order valence-electron chi connectivity index (χ2n) is 6.48. The van der Waals surface area contributed by atoms with Crippen molar-refractivity contribution in [2.45, 2.75) is 33.1 Å². The van der Waals surface area contributed by atoms with Crippen molar-refractivity contribution in [1.29, 1.82) is 0 Å². The van der Waals surface area contributed by atoms with Crippen LogP contribution in [0.2, 0.25) is 0 Å². The summed E-state index contributed by atoms with van der Waals surface area (Å²) in [6.45, 7) is 4.35. The van der Waals surface area contributed by atoms with E-state index in [1.165, 1.54) is 16.9 Å². The molecule has 2 heterocycles. The zero-order valence-corrected chi connectivity index (χ0v) is 16.4. The summed E-state index contributed by atoms with van der Waals surface area (Å²) in [5.41, 5.74) is 3.42. The highest BCUT2D eigenvalue weighted by Gasteiger charge is 2.15. The number of H-pyrrole nitrogens is 1. The lowest BCUT2D eigenvalue weighted by molar-refractivity contribution is -0.124. The molecule has 3 rings (SSSR count). The molecule has 2 aromatic heterocycles. The third-order valence-corrected chi connectivity index (χ3v) is 5.54. The Balaban J connectivity index is 1.44. The molecule has 0 saturated carbocycles. The Labute approximate surface area is 162 Å². The second-order valence-corrected chi connectivity index (χ2v) is 7.73. The Kier molecular flexibility index (Phi) is 6.29. The maximum Gasteiger partial charge on any atom is 0.348 e. The Morgan fingerprint density at radius 2 is 2.00 bits per heavy atom. The van der Waals surface area contributed by atoms with Gasteiger partial charge in [0.05, 0.1) is 0 Å². The number of carbonyl (C=O) groups excluding carboxylic acids is 2. The van der Waals surface area contributed by atoms with E-state index in [1.807, 2.05) is 37.4 Å². The predicted octanol–water partition coefficient (Wildman–Crippen LogP) is 4.01. The van der Waals surface area contributed by atoms with E-state index >= 15 is 0 Å². The maximum atomic E-state index is 12.1. The van der Waals surface area contributed by atoms with Crippen LogP contribution >= 0.6 is 11.3 Å². The molecule has 5 nitrogen and oxygen atoms in total. The Morgan fingerprint density at radius 1 is 1.19 bits per heavy atom. The fourth-order valence-corrected chi connectivity index (χ4v) is 4.03. The fraction of sp³-hybridized carbons (Fsp3) is 0.333. The zero-order chi connectivity index (χ0) is 19.2. The molecule has 0 fully saturated rings. The average molecular weight is 385 g/mol. The second kappa shape index (κ2) is 8.86. The molecule has 2 N–H and O–H groups in total. The Morgan fingerprint density at radius 3 is 2.81 bits per heavy atom. The van der Waals surface area contributed by atoms with Crippen LogP contribution < -0.4 is 5.32 Å². The monoisotopic (exact) mass is 384 g/mol. The van der Waals surface area contributed by atoms with Gasteiger partial charge < -0.3 is 15.0 Å². The van der Waals surface area contributed by atoms with Gasteiger partial charge in [-0.05, 0) is 43.0 Å². The topological polar surface area (TPSA) is 71.2 Å². The number of benzene rings is 1. The molecule has 0 saturated heterocycles. The van der Waals surface area contributed by atoms with Crippen LogP contribution in [-0.4, -0.2) is 30.0 Å². The van der Waals surface area contributed by atoms with E-state index in [0.29, 0.717) is 17.8 Å². The van der Waals surface area contributed by atoms with E-state index in [4.69, 9.17) is 4.74 Å². The minimum absolute atomic E-state index is 0.257. The average Bonchev–Trinajstić information content (AvgIpc) is 3.24. The highest BCUT2D eigenvalue weighted by molar-refractivity contribution is 7.14. The molecule has 6 heteroatoms. The van der Waals surface area contributed by atoms with Crippen molar-refractivity contribution in [2.75, 3.05) is 13.2 Å². The molecular weight excluding hydrogens is 360 g/mol. The number of rotatable bonds is 8. The highest BCUT2D eigenvalue weighted by atomic mass is 32.1. The van der Waals surface area contributed by atoms with E-state index in [1.54, 1.807) is 0 Å². The number of carbonyl (C=O) groups is 2. The number of aryl methyl sites for hydroxylation is 2. The highest BCUT2D eigenvalue weighted by Crippen LogP contribution is 2.23. The lowest BCUT2D eigenvalue weighted by Crippen LogP contribution is -2.30. The number of hydrogen-bond donors (Lipinski definition) is 2. The molecule has 0 aliphatic carbocycles. The van der Waals surface area contributed by atoms with Crippen LogP contribution in [0, 0.1) is 6.92 Å². The van der Waals surface area contributed by atoms with Gasteiger partial charge in [0.1, 0.15) is 4.88 Å². The number of nitrogens with one attached hydrogen (secondary N) is 2. The number of fused-ring (bicyclic) bond motifs is 1. The van der Waals surface area contributed by atoms with E-state index in [-0.39, 0.29) is 12.5 Å². The lowest BCUT2D eigenvalue weighted by atomic mass is 10.1.